The van der Waals surface area contributed by atoms with E-state index in [-0.39, 0.29) is 11.8 Å². The maximum absolute atomic E-state index is 13.1. The predicted octanol–water partition coefficient (Wildman–Crippen LogP) is 5.22. The molecule has 27 heavy (non-hydrogen) atoms. The molecule has 138 valence electrons. The van der Waals surface area contributed by atoms with E-state index < -0.39 is 0 Å². The van der Waals surface area contributed by atoms with Crippen molar-refractivity contribution in [3.8, 4) is 0 Å². The third-order valence-electron chi connectivity index (χ3n) is 5.13. The minimum atomic E-state index is -0.387. The fraction of sp³-hybridized carbons (Fsp3) is 0.250. The first-order valence-corrected chi connectivity index (χ1v) is 9.35. The molecule has 0 spiro atoms. The summed E-state index contributed by atoms with van der Waals surface area (Å²) in [6.07, 6.45) is 3.99. The summed E-state index contributed by atoms with van der Waals surface area (Å²) in [4.78, 5) is 13.1. The van der Waals surface area contributed by atoms with Crippen molar-refractivity contribution in [2.24, 2.45) is 11.0 Å². The van der Waals surface area contributed by atoms with Gasteiger partial charge in [-0.15, -0.1) is 0 Å². The number of hydrazone groups is 1. The number of nitrogens with zero attached hydrogens (tertiary/aromatic N) is 1. The van der Waals surface area contributed by atoms with E-state index in [4.69, 9.17) is 0 Å². The molecule has 2 aromatic carbocycles. The van der Waals surface area contributed by atoms with Gasteiger partial charge in [-0.1, -0.05) is 78.9 Å². The van der Waals surface area contributed by atoms with Crippen LogP contribution < -0.4 is 5.43 Å². The summed E-state index contributed by atoms with van der Waals surface area (Å²) in [5, 5.41) is 4.48. The van der Waals surface area contributed by atoms with Crippen LogP contribution in [0.1, 0.15) is 43.7 Å². The van der Waals surface area contributed by atoms with Gasteiger partial charge in [-0.2, -0.15) is 5.10 Å². The number of amides is 1. The van der Waals surface area contributed by atoms with Gasteiger partial charge in [0, 0.05) is 0 Å². The van der Waals surface area contributed by atoms with Crippen molar-refractivity contribution >= 4 is 11.6 Å². The monoisotopic (exact) mass is 358 g/mol. The van der Waals surface area contributed by atoms with Crippen molar-refractivity contribution in [2.45, 2.75) is 32.6 Å². The molecule has 0 heterocycles. The van der Waals surface area contributed by atoms with Gasteiger partial charge in [0.05, 0.1) is 11.6 Å². The number of rotatable bonds is 5. The molecule has 1 aliphatic rings. The highest BCUT2D eigenvalue weighted by Gasteiger charge is 2.23. The summed E-state index contributed by atoms with van der Waals surface area (Å²) in [7, 11) is 0. The highest BCUT2D eigenvalue weighted by Crippen LogP contribution is 2.27. The van der Waals surface area contributed by atoms with Crippen molar-refractivity contribution < 1.29 is 4.79 Å². The summed E-state index contributed by atoms with van der Waals surface area (Å²) < 4.78 is 0. The maximum Gasteiger partial charge on any atom is 0.252 e. The molecule has 0 aromatic heterocycles. The molecular weight excluding hydrogens is 332 g/mol. The van der Waals surface area contributed by atoms with Gasteiger partial charge in [0.15, 0.2) is 0 Å². The molecule has 1 atom stereocenters. The smallest absolute Gasteiger partial charge is 0.252 e. The van der Waals surface area contributed by atoms with Gasteiger partial charge in [-0.3, -0.25) is 4.79 Å². The zero-order valence-corrected chi connectivity index (χ0v) is 16.0. The molecule has 0 fully saturated rings. The SMILES string of the molecule is C=C(C)[C@H]1CC=C(C)/C(=N\NC(=O)C(c2ccccc2)c2ccccc2)C1. The minimum absolute atomic E-state index is 0.120. The number of allylic oxidation sites excluding steroid dienone is 3. The van der Waals surface area contributed by atoms with E-state index in [2.05, 4.69) is 30.1 Å². The Hall–Kier alpha value is -2.94. The van der Waals surface area contributed by atoms with Crippen LogP contribution in [0.3, 0.4) is 0 Å². The van der Waals surface area contributed by atoms with Gasteiger partial charge < -0.3 is 0 Å². The van der Waals surface area contributed by atoms with Gasteiger partial charge >= 0.3 is 0 Å². The summed E-state index contributed by atoms with van der Waals surface area (Å²) in [6.45, 7) is 8.17. The van der Waals surface area contributed by atoms with Crippen LogP contribution >= 0.6 is 0 Å². The number of hydrogen-bond donors (Lipinski definition) is 1. The van der Waals surface area contributed by atoms with E-state index in [0.717, 1.165) is 40.8 Å². The van der Waals surface area contributed by atoms with Crippen LogP contribution in [0.4, 0.5) is 0 Å². The predicted molar refractivity (Wildman–Crippen MR) is 112 cm³/mol. The molecule has 0 saturated heterocycles. The summed E-state index contributed by atoms with van der Waals surface area (Å²) in [5.74, 6) is -0.116. The Kier molecular flexibility index (Phi) is 6.02. The van der Waals surface area contributed by atoms with Crippen molar-refractivity contribution in [3.05, 3.63) is 95.6 Å². The topological polar surface area (TPSA) is 41.5 Å². The van der Waals surface area contributed by atoms with Gasteiger partial charge in [-0.25, -0.2) is 5.43 Å². The van der Waals surface area contributed by atoms with E-state index in [1.807, 2.05) is 67.6 Å². The molecule has 0 saturated carbocycles. The van der Waals surface area contributed by atoms with Crippen LogP contribution in [0.5, 0.6) is 0 Å². The second-order valence-corrected chi connectivity index (χ2v) is 7.16. The lowest BCUT2D eigenvalue weighted by Crippen LogP contribution is -2.28. The molecule has 3 rings (SSSR count). The molecule has 1 amide bonds. The third kappa shape index (κ3) is 4.62. The maximum atomic E-state index is 13.1. The summed E-state index contributed by atoms with van der Waals surface area (Å²) >= 11 is 0. The van der Waals surface area contributed by atoms with Crippen LogP contribution in [-0.4, -0.2) is 11.6 Å². The zero-order valence-electron chi connectivity index (χ0n) is 16.0. The van der Waals surface area contributed by atoms with E-state index in [1.165, 1.54) is 0 Å². The highest BCUT2D eigenvalue weighted by atomic mass is 16.2. The molecular formula is C24H26N2O. The second kappa shape index (κ2) is 8.63. The van der Waals surface area contributed by atoms with Crippen LogP contribution in [-0.2, 0) is 4.79 Å². The Morgan fingerprint density at radius 3 is 2.15 bits per heavy atom. The number of nitrogens with one attached hydrogen (secondary N) is 1. The standard InChI is InChI=1S/C24H26N2O/c1-17(2)21-15-14-18(3)22(16-21)25-26-24(27)23(19-10-6-4-7-11-19)20-12-8-5-9-13-20/h4-14,21,23H,1,15-16H2,2-3H3,(H,26,27)/b25-22-/t21-/m0/s1. The van der Waals surface area contributed by atoms with Crippen LogP contribution in [0, 0.1) is 5.92 Å². The minimum Gasteiger partial charge on any atom is -0.272 e. The van der Waals surface area contributed by atoms with E-state index in [9.17, 15) is 4.79 Å². The molecule has 3 heteroatoms. The summed E-state index contributed by atoms with van der Waals surface area (Å²) in [6, 6.07) is 19.6. The Morgan fingerprint density at radius 2 is 1.63 bits per heavy atom. The molecule has 3 nitrogen and oxygen atoms in total. The Bertz CT molecular complexity index is 826. The zero-order chi connectivity index (χ0) is 19.2. The number of hydrogen-bond acceptors (Lipinski definition) is 2. The largest absolute Gasteiger partial charge is 0.272 e. The summed E-state index contributed by atoms with van der Waals surface area (Å²) in [5.41, 5.74) is 7.95. The van der Waals surface area contributed by atoms with Gasteiger partial charge in [0.1, 0.15) is 0 Å². The average molecular weight is 358 g/mol. The third-order valence-corrected chi connectivity index (χ3v) is 5.13. The van der Waals surface area contributed by atoms with Crippen molar-refractivity contribution in [3.63, 3.8) is 0 Å². The molecule has 0 unspecified atom stereocenters. The second-order valence-electron chi connectivity index (χ2n) is 7.16. The fourth-order valence-electron chi connectivity index (χ4n) is 3.40. The van der Waals surface area contributed by atoms with Crippen LogP contribution in [0.25, 0.3) is 0 Å². The first kappa shape index (κ1) is 18.8. The Morgan fingerprint density at radius 1 is 1.07 bits per heavy atom. The highest BCUT2D eigenvalue weighted by molar-refractivity contribution is 6.01. The average Bonchev–Trinajstić information content (AvgIpc) is 2.69. The van der Waals surface area contributed by atoms with E-state index >= 15 is 0 Å². The van der Waals surface area contributed by atoms with E-state index in [1.54, 1.807) is 0 Å². The molecule has 2 aromatic rings. The Labute approximate surface area is 161 Å². The normalized spacial score (nSPS) is 18.3. The fourth-order valence-corrected chi connectivity index (χ4v) is 3.40. The van der Waals surface area contributed by atoms with Crippen molar-refractivity contribution in [1.29, 1.82) is 0 Å². The van der Waals surface area contributed by atoms with Gasteiger partial charge in [-0.05, 0) is 49.3 Å². The van der Waals surface area contributed by atoms with Gasteiger partial charge in [0.2, 0.25) is 0 Å². The molecule has 0 bridgehead atoms. The number of benzene rings is 2. The molecule has 1 aliphatic carbocycles. The van der Waals surface area contributed by atoms with Crippen LogP contribution in [0.15, 0.2) is 89.6 Å². The van der Waals surface area contributed by atoms with Crippen molar-refractivity contribution in [1.82, 2.24) is 5.43 Å². The lowest BCUT2D eigenvalue weighted by Gasteiger charge is -2.23. The van der Waals surface area contributed by atoms with E-state index in [0.29, 0.717) is 5.92 Å². The Balaban J connectivity index is 1.84. The molecule has 1 N–H and O–H groups in total. The molecule has 0 aliphatic heterocycles. The lowest BCUT2D eigenvalue weighted by molar-refractivity contribution is -0.121. The van der Waals surface area contributed by atoms with Crippen molar-refractivity contribution in [2.75, 3.05) is 0 Å². The number of carbonyl (C=O) groups excluding carboxylic acids is 1. The quantitative estimate of drug-likeness (QED) is 0.577. The first-order chi connectivity index (χ1) is 13.1. The lowest BCUT2D eigenvalue weighted by atomic mass is 9.85. The number of carbonyl (C=O) groups is 1. The molecule has 0 radical (unpaired) electrons. The first-order valence-electron chi connectivity index (χ1n) is 9.35. The van der Waals surface area contributed by atoms with Crippen LogP contribution in [0.2, 0.25) is 0 Å². The van der Waals surface area contributed by atoms with Gasteiger partial charge in [0.25, 0.3) is 5.91 Å².